The number of aryl methyl sites for hydroxylation is 1. The van der Waals surface area contributed by atoms with E-state index in [9.17, 15) is 0 Å². The Morgan fingerprint density at radius 2 is 1.78 bits per heavy atom. The van der Waals surface area contributed by atoms with Crippen molar-refractivity contribution in [3.63, 3.8) is 0 Å². The first-order valence-corrected chi connectivity index (χ1v) is 7.06. The molecule has 0 saturated heterocycles. The van der Waals surface area contributed by atoms with Crippen LogP contribution in [0.3, 0.4) is 0 Å². The highest BCUT2D eigenvalue weighted by Gasteiger charge is 2.03. The standard InChI is InChI=1S/C16H18BrN/c1-3-18-11-13-5-4-12(2)16(10-13)14-6-8-15(17)9-7-14/h4-10,18H,3,11H2,1-2H3. The molecule has 1 nitrogen and oxygen atoms in total. The summed E-state index contributed by atoms with van der Waals surface area (Å²) < 4.78 is 1.12. The topological polar surface area (TPSA) is 12.0 Å². The van der Waals surface area contributed by atoms with Crippen LogP contribution in [0, 0.1) is 6.92 Å². The van der Waals surface area contributed by atoms with E-state index in [1.165, 1.54) is 22.3 Å². The summed E-state index contributed by atoms with van der Waals surface area (Å²) >= 11 is 3.48. The minimum absolute atomic E-state index is 0.931. The molecule has 2 rings (SSSR count). The Morgan fingerprint density at radius 1 is 1.06 bits per heavy atom. The van der Waals surface area contributed by atoms with Gasteiger partial charge in [0.15, 0.2) is 0 Å². The van der Waals surface area contributed by atoms with Crippen molar-refractivity contribution >= 4 is 15.9 Å². The van der Waals surface area contributed by atoms with Crippen molar-refractivity contribution in [1.82, 2.24) is 5.32 Å². The Bertz CT molecular complexity index is 517. The second kappa shape index (κ2) is 6.17. The molecular formula is C16H18BrN. The molecule has 1 N–H and O–H groups in total. The molecule has 0 heterocycles. The largest absolute Gasteiger partial charge is 0.313 e. The molecule has 2 heteroatoms. The molecule has 0 aliphatic carbocycles. The lowest BCUT2D eigenvalue weighted by Gasteiger charge is -2.10. The van der Waals surface area contributed by atoms with E-state index in [4.69, 9.17) is 0 Å². The fraction of sp³-hybridized carbons (Fsp3) is 0.250. The van der Waals surface area contributed by atoms with Gasteiger partial charge in [0.25, 0.3) is 0 Å². The van der Waals surface area contributed by atoms with Gasteiger partial charge in [-0.05, 0) is 53.9 Å². The van der Waals surface area contributed by atoms with Crippen molar-refractivity contribution in [3.05, 3.63) is 58.1 Å². The first-order valence-electron chi connectivity index (χ1n) is 6.27. The van der Waals surface area contributed by atoms with Gasteiger partial charge >= 0.3 is 0 Å². The van der Waals surface area contributed by atoms with Crippen LogP contribution in [0.4, 0.5) is 0 Å². The van der Waals surface area contributed by atoms with Crippen LogP contribution in [-0.4, -0.2) is 6.54 Å². The van der Waals surface area contributed by atoms with Gasteiger partial charge in [-0.1, -0.05) is 47.1 Å². The van der Waals surface area contributed by atoms with E-state index in [1.807, 2.05) is 0 Å². The van der Waals surface area contributed by atoms with E-state index in [0.29, 0.717) is 0 Å². The SMILES string of the molecule is CCNCc1ccc(C)c(-c2ccc(Br)cc2)c1. The summed E-state index contributed by atoms with van der Waals surface area (Å²) in [4.78, 5) is 0. The van der Waals surface area contributed by atoms with Crippen LogP contribution in [0.1, 0.15) is 18.1 Å². The second-order valence-electron chi connectivity index (χ2n) is 4.44. The first-order chi connectivity index (χ1) is 8.70. The van der Waals surface area contributed by atoms with Gasteiger partial charge in [0.2, 0.25) is 0 Å². The third-order valence-corrected chi connectivity index (χ3v) is 3.56. The summed E-state index contributed by atoms with van der Waals surface area (Å²) in [5, 5.41) is 3.36. The molecule has 2 aromatic rings. The Balaban J connectivity index is 2.33. The van der Waals surface area contributed by atoms with Crippen molar-refractivity contribution in [2.75, 3.05) is 6.54 Å². The molecule has 0 atom stereocenters. The monoisotopic (exact) mass is 303 g/mol. The van der Waals surface area contributed by atoms with Gasteiger partial charge in [-0.2, -0.15) is 0 Å². The molecule has 0 aliphatic heterocycles. The maximum absolute atomic E-state index is 3.48. The zero-order valence-electron chi connectivity index (χ0n) is 10.8. The van der Waals surface area contributed by atoms with Crippen LogP contribution in [0.5, 0.6) is 0 Å². The maximum atomic E-state index is 3.48. The van der Waals surface area contributed by atoms with E-state index < -0.39 is 0 Å². The van der Waals surface area contributed by atoms with Crippen LogP contribution in [0.2, 0.25) is 0 Å². The van der Waals surface area contributed by atoms with E-state index in [-0.39, 0.29) is 0 Å². The summed E-state index contributed by atoms with van der Waals surface area (Å²) in [5.41, 5.74) is 5.24. The number of rotatable bonds is 4. The van der Waals surface area contributed by atoms with Crippen LogP contribution >= 0.6 is 15.9 Å². The minimum Gasteiger partial charge on any atom is -0.313 e. The van der Waals surface area contributed by atoms with Crippen LogP contribution in [0.25, 0.3) is 11.1 Å². The molecule has 0 saturated carbocycles. The highest BCUT2D eigenvalue weighted by atomic mass is 79.9. The highest BCUT2D eigenvalue weighted by Crippen LogP contribution is 2.26. The Hall–Kier alpha value is -1.12. The molecule has 0 aliphatic rings. The number of benzene rings is 2. The third-order valence-electron chi connectivity index (χ3n) is 3.04. The van der Waals surface area contributed by atoms with E-state index in [1.54, 1.807) is 0 Å². The zero-order valence-corrected chi connectivity index (χ0v) is 12.4. The van der Waals surface area contributed by atoms with Crippen molar-refractivity contribution < 1.29 is 0 Å². The lowest BCUT2D eigenvalue weighted by atomic mass is 9.98. The smallest absolute Gasteiger partial charge is 0.0205 e. The lowest BCUT2D eigenvalue weighted by Crippen LogP contribution is -2.11. The molecule has 2 aromatic carbocycles. The normalized spacial score (nSPS) is 10.6. The zero-order chi connectivity index (χ0) is 13.0. The molecular weight excluding hydrogens is 286 g/mol. The van der Waals surface area contributed by atoms with Crippen molar-refractivity contribution in [3.8, 4) is 11.1 Å². The summed E-state index contributed by atoms with van der Waals surface area (Å²) in [6.07, 6.45) is 0. The molecule has 0 radical (unpaired) electrons. The van der Waals surface area contributed by atoms with Crippen LogP contribution < -0.4 is 5.32 Å². The molecule has 0 aromatic heterocycles. The number of halogens is 1. The van der Waals surface area contributed by atoms with Gasteiger partial charge in [-0.3, -0.25) is 0 Å². The summed E-state index contributed by atoms with van der Waals surface area (Å²) in [6.45, 7) is 6.22. The highest BCUT2D eigenvalue weighted by molar-refractivity contribution is 9.10. The van der Waals surface area contributed by atoms with Gasteiger partial charge in [-0.25, -0.2) is 0 Å². The number of nitrogens with one attached hydrogen (secondary N) is 1. The van der Waals surface area contributed by atoms with Crippen LogP contribution in [0.15, 0.2) is 46.9 Å². The van der Waals surface area contributed by atoms with Gasteiger partial charge in [0, 0.05) is 11.0 Å². The Morgan fingerprint density at radius 3 is 2.44 bits per heavy atom. The second-order valence-corrected chi connectivity index (χ2v) is 5.35. The van der Waals surface area contributed by atoms with Crippen molar-refractivity contribution in [2.24, 2.45) is 0 Å². The predicted octanol–water partition coefficient (Wildman–Crippen LogP) is 4.53. The summed E-state index contributed by atoms with van der Waals surface area (Å²) in [7, 11) is 0. The summed E-state index contributed by atoms with van der Waals surface area (Å²) in [6, 6.07) is 15.2. The Labute approximate surface area is 117 Å². The van der Waals surface area contributed by atoms with E-state index in [0.717, 1.165) is 17.6 Å². The van der Waals surface area contributed by atoms with Gasteiger partial charge in [0.05, 0.1) is 0 Å². The molecule has 0 spiro atoms. The van der Waals surface area contributed by atoms with E-state index >= 15 is 0 Å². The fourth-order valence-corrected chi connectivity index (χ4v) is 2.25. The molecule has 0 unspecified atom stereocenters. The average molecular weight is 304 g/mol. The summed E-state index contributed by atoms with van der Waals surface area (Å²) in [5.74, 6) is 0. The quantitative estimate of drug-likeness (QED) is 0.875. The average Bonchev–Trinajstić information content (AvgIpc) is 2.39. The van der Waals surface area contributed by atoms with E-state index in [2.05, 4.69) is 77.6 Å². The molecule has 94 valence electrons. The predicted molar refractivity (Wildman–Crippen MR) is 81.7 cm³/mol. The molecule has 18 heavy (non-hydrogen) atoms. The molecule has 0 fully saturated rings. The molecule has 0 amide bonds. The number of hydrogen-bond donors (Lipinski definition) is 1. The first kappa shape index (κ1) is 13.3. The van der Waals surface area contributed by atoms with Crippen molar-refractivity contribution in [1.29, 1.82) is 0 Å². The van der Waals surface area contributed by atoms with Gasteiger partial charge in [0.1, 0.15) is 0 Å². The minimum atomic E-state index is 0.931. The lowest BCUT2D eigenvalue weighted by molar-refractivity contribution is 0.727. The fourth-order valence-electron chi connectivity index (χ4n) is 1.99. The van der Waals surface area contributed by atoms with Crippen molar-refractivity contribution in [2.45, 2.75) is 20.4 Å². The van der Waals surface area contributed by atoms with Crippen LogP contribution in [-0.2, 0) is 6.54 Å². The third kappa shape index (κ3) is 3.21. The number of hydrogen-bond acceptors (Lipinski definition) is 1. The molecule has 0 bridgehead atoms. The Kier molecular flexibility index (Phi) is 4.56. The van der Waals surface area contributed by atoms with Gasteiger partial charge in [-0.15, -0.1) is 0 Å². The van der Waals surface area contributed by atoms with Gasteiger partial charge < -0.3 is 5.32 Å². The maximum Gasteiger partial charge on any atom is 0.0205 e.